The number of hydrogen-bond donors (Lipinski definition) is 0. The second kappa shape index (κ2) is 7.70. The largest absolute Gasteiger partial charge is 0.496 e. The summed E-state index contributed by atoms with van der Waals surface area (Å²) in [6.45, 7) is 3.78. The Morgan fingerprint density at radius 1 is 1.40 bits per heavy atom. The molecule has 0 radical (unpaired) electrons. The second-order valence-electron chi connectivity index (χ2n) is 6.27. The lowest BCUT2D eigenvalue weighted by Crippen LogP contribution is -2.30. The molecule has 1 aromatic heterocycles. The molecule has 1 fully saturated rings. The minimum atomic E-state index is 0.0479. The van der Waals surface area contributed by atoms with Gasteiger partial charge in [-0.25, -0.2) is 0 Å². The van der Waals surface area contributed by atoms with E-state index in [1.807, 2.05) is 49.5 Å². The van der Waals surface area contributed by atoms with Crippen molar-refractivity contribution in [3.63, 3.8) is 0 Å². The molecule has 1 aromatic carbocycles. The molecule has 3 rings (SSSR count). The highest BCUT2D eigenvalue weighted by Gasteiger charge is 2.31. The number of hydrogen-bond acceptors (Lipinski definition) is 4. The first-order chi connectivity index (χ1) is 12.1. The number of ether oxygens (including phenoxy) is 2. The zero-order valence-corrected chi connectivity index (χ0v) is 15.1. The van der Waals surface area contributed by atoms with E-state index in [1.165, 1.54) is 0 Å². The van der Waals surface area contributed by atoms with E-state index >= 15 is 0 Å². The molecule has 1 aliphatic rings. The van der Waals surface area contributed by atoms with E-state index < -0.39 is 0 Å². The number of aromatic nitrogens is 2. The number of rotatable bonds is 6. The SMILES string of the molecule is CCOCc1cc(C(=O)N2CCC[C@H]2c2cnn(C)c2)ccc1OC. The van der Waals surface area contributed by atoms with Gasteiger partial charge in [-0.1, -0.05) is 0 Å². The number of likely N-dealkylation sites (tertiary alicyclic amines) is 1. The first kappa shape index (κ1) is 17.5. The highest BCUT2D eigenvalue weighted by atomic mass is 16.5. The van der Waals surface area contributed by atoms with Gasteiger partial charge in [0.05, 0.1) is 26.0 Å². The van der Waals surface area contributed by atoms with Gasteiger partial charge in [0.1, 0.15) is 5.75 Å². The quantitative estimate of drug-likeness (QED) is 0.809. The van der Waals surface area contributed by atoms with Gasteiger partial charge in [-0.05, 0) is 38.0 Å². The fraction of sp³-hybridized carbons (Fsp3) is 0.474. The van der Waals surface area contributed by atoms with Crippen LogP contribution >= 0.6 is 0 Å². The maximum atomic E-state index is 13.1. The van der Waals surface area contributed by atoms with Gasteiger partial charge in [0.2, 0.25) is 0 Å². The van der Waals surface area contributed by atoms with E-state index in [1.54, 1.807) is 11.8 Å². The Labute approximate surface area is 148 Å². The van der Waals surface area contributed by atoms with Gasteiger partial charge in [-0.3, -0.25) is 9.48 Å². The van der Waals surface area contributed by atoms with Crippen molar-refractivity contribution in [1.82, 2.24) is 14.7 Å². The van der Waals surface area contributed by atoms with Crippen LogP contribution in [0.1, 0.15) is 47.3 Å². The van der Waals surface area contributed by atoms with Crippen LogP contribution in [0.25, 0.3) is 0 Å². The van der Waals surface area contributed by atoms with Gasteiger partial charge in [-0.15, -0.1) is 0 Å². The van der Waals surface area contributed by atoms with Gasteiger partial charge in [0, 0.05) is 43.1 Å². The molecule has 134 valence electrons. The first-order valence-corrected chi connectivity index (χ1v) is 8.68. The Bertz CT molecular complexity index is 741. The van der Waals surface area contributed by atoms with E-state index in [-0.39, 0.29) is 11.9 Å². The molecule has 2 aromatic rings. The van der Waals surface area contributed by atoms with Gasteiger partial charge >= 0.3 is 0 Å². The first-order valence-electron chi connectivity index (χ1n) is 8.68. The number of carbonyl (C=O) groups is 1. The van der Waals surface area contributed by atoms with E-state index in [0.717, 1.165) is 36.3 Å². The average molecular weight is 343 g/mol. The van der Waals surface area contributed by atoms with Crippen LogP contribution in [0.15, 0.2) is 30.6 Å². The van der Waals surface area contributed by atoms with Crippen LogP contribution in [-0.4, -0.2) is 40.8 Å². The summed E-state index contributed by atoms with van der Waals surface area (Å²) in [5.41, 5.74) is 2.66. The molecule has 2 heterocycles. The minimum Gasteiger partial charge on any atom is -0.496 e. The summed E-state index contributed by atoms with van der Waals surface area (Å²) in [5.74, 6) is 0.794. The lowest BCUT2D eigenvalue weighted by Gasteiger charge is -2.24. The number of nitrogens with zero attached hydrogens (tertiary/aromatic N) is 3. The molecule has 0 saturated carbocycles. The molecule has 6 heteroatoms. The van der Waals surface area contributed by atoms with Crippen LogP contribution in [0.5, 0.6) is 5.75 Å². The maximum absolute atomic E-state index is 13.1. The van der Waals surface area contributed by atoms with Crippen LogP contribution in [0.3, 0.4) is 0 Å². The normalized spacial score (nSPS) is 17.1. The maximum Gasteiger partial charge on any atom is 0.254 e. The van der Waals surface area contributed by atoms with Gasteiger partial charge in [0.15, 0.2) is 0 Å². The zero-order chi connectivity index (χ0) is 17.8. The fourth-order valence-corrected chi connectivity index (χ4v) is 3.37. The molecule has 1 atom stereocenters. The molecule has 0 bridgehead atoms. The highest BCUT2D eigenvalue weighted by Crippen LogP contribution is 2.33. The number of methoxy groups -OCH3 is 1. The molecular formula is C19H25N3O3. The lowest BCUT2D eigenvalue weighted by molar-refractivity contribution is 0.0735. The standard InChI is InChI=1S/C19H25N3O3/c1-4-25-13-15-10-14(7-8-18(15)24-3)19(23)22-9-5-6-17(22)16-11-20-21(2)12-16/h7-8,10-12,17H,4-6,9,13H2,1-3H3/t17-/m0/s1. The third kappa shape index (κ3) is 3.69. The predicted octanol–water partition coefficient (Wildman–Crippen LogP) is 2.94. The van der Waals surface area contributed by atoms with Gasteiger partial charge in [0.25, 0.3) is 5.91 Å². The number of aryl methyl sites for hydroxylation is 1. The van der Waals surface area contributed by atoms with Crippen molar-refractivity contribution in [2.24, 2.45) is 7.05 Å². The van der Waals surface area contributed by atoms with E-state index in [4.69, 9.17) is 9.47 Å². The molecule has 25 heavy (non-hydrogen) atoms. The van der Waals surface area contributed by atoms with Crippen molar-refractivity contribution in [3.05, 3.63) is 47.3 Å². The van der Waals surface area contributed by atoms with Crippen molar-refractivity contribution < 1.29 is 14.3 Å². The Balaban J connectivity index is 1.84. The Morgan fingerprint density at radius 2 is 2.24 bits per heavy atom. The summed E-state index contributed by atoms with van der Waals surface area (Å²) >= 11 is 0. The average Bonchev–Trinajstić information content (AvgIpc) is 3.27. The van der Waals surface area contributed by atoms with Crippen molar-refractivity contribution >= 4 is 5.91 Å². The molecule has 6 nitrogen and oxygen atoms in total. The summed E-state index contributed by atoms with van der Waals surface area (Å²) in [7, 11) is 3.53. The molecule has 0 aliphatic carbocycles. The Morgan fingerprint density at radius 3 is 2.92 bits per heavy atom. The molecule has 1 amide bonds. The molecule has 0 unspecified atom stereocenters. The van der Waals surface area contributed by atoms with Crippen LogP contribution in [0, 0.1) is 0 Å². The summed E-state index contributed by atoms with van der Waals surface area (Å²) < 4.78 is 12.7. The number of carbonyl (C=O) groups excluding carboxylic acids is 1. The molecular weight excluding hydrogens is 318 g/mol. The van der Waals surface area contributed by atoms with Crippen LogP contribution in [-0.2, 0) is 18.4 Å². The van der Waals surface area contributed by atoms with Crippen molar-refractivity contribution in [1.29, 1.82) is 0 Å². The summed E-state index contributed by atoms with van der Waals surface area (Å²) in [4.78, 5) is 15.0. The molecule has 1 saturated heterocycles. The van der Waals surface area contributed by atoms with Crippen LogP contribution in [0.2, 0.25) is 0 Å². The monoisotopic (exact) mass is 343 g/mol. The van der Waals surface area contributed by atoms with Crippen LogP contribution < -0.4 is 4.74 Å². The topological polar surface area (TPSA) is 56.6 Å². The highest BCUT2D eigenvalue weighted by molar-refractivity contribution is 5.95. The predicted molar refractivity (Wildman–Crippen MR) is 94.5 cm³/mol. The van der Waals surface area contributed by atoms with E-state index in [2.05, 4.69) is 5.10 Å². The number of amides is 1. The molecule has 0 N–H and O–H groups in total. The van der Waals surface area contributed by atoms with Crippen molar-refractivity contribution in [2.45, 2.75) is 32.4 Å². The Hall–Kier alpha value is -2.34. The third-order valence-corrected chi connectivity index (χ3v) is 4.61. The molecule has 1 aliphatic heterocycles. The third-order valence-electron chi connectivity index (χ3n) is 4.61. The van der Waals surface area contributed by atoms with E-state index in [9.17, 15) is 4.79 Å². The summed E-state index contributed by atoms with van der Waals surface area (Å²) in [6.07, 6.45) is 5.82. The second-order valence-corrected chi connectivity index (χ2v) is 6.27. The van der Waals surface area contributed by atoms with Gasteiger partial charge in [-0.2, -0.15) is 5.10 Å². The minimum absolute atomic E-state index is 0.0479. The van der Waals surface area contributed by atoms with Crippen molar-refractivity contribution in [3.8, 4) is 5.75 Å². The van der Waals surface area contributed by atoms with Crippen LogP contribution in [0.4, 0.5) is 0 Å². The van der Waals surface area contributed by atoms with Crippen molar-refractivity contribution in [2.75, 3.05) is 20.3 Å². The zero-order valence-electron chi connectivity index (χ0n) is 15.1. The fourth-order valence-electron chi connectivity index (χ4n) is 3.37. The lowest BCUT2D eigenvalue weighted by atomic mass is 10.1. The Kier molecular flexibility index (Phi) is 5.38. The molecule has 0 spiro atoms. The smallest absolute Gasteiger partial charge is 0.254 e. The summed E-state index contributed by atoms with van der Waals surface area (Å²) in [6, 6.07) is 5.65. The number of benzene rings is 1. The van der Waals surface area contributed by atoms with Gasteiger partial charge < -0.3 is 14.4 Å². The summed E-state index contributed by atoms with van der Waals surface area (Å²) in [5, 5.41) is 4.24. The van der Waals surface area contributed by atoms with E-state index in [0.29, 0.717) is 18.8 Å².